The van der Waals surface area contributed by atoms with Gasteiger partial charge in [-0.25, -0.2) is 4.98 Å². The van der Waals surface area contributed by atoms with Crippen molar-refractivity contribution >= 4 is 39.7 Å². The van der Waals surface area contributed by atoms with Crippen molar-refractivity contribution in [3.8, 4) is 11.3 Å². The molecule has 1 heterocycles. The van der Waals surface area contributed by atoms with Crippen LogP contribution in [-0.2, 0) is 16.0 Å². The molecular formula is C23H25N5O4S. The molecule has 3 aromatic rings. The zero-order chi connectivity index (χ0) is 23.6. The highest BCUT2D eigenvalue weighted by molar-refractivity contribution is 7.14. The van der Waals surface area contributed by atoms with Gasteiger partial charge in [0.25, 0.3) is 5.69 Å². The first-order valence-corrected chi connectivity index (χ1v) is 11.4. The minimum atomic E-state index is -0.460. The van der Waals surface area contributed by atoms with Crippen molar-refractivity contribution in [1.29, 1.82) is 0 Å². The average molecular weight is 468 g/mol. The summed E-state index contributed by atoms with van der Waals surface area (Å²) in [6.45, 7) is 2.43. The van der Waals surface area contributed by atoms with Crippen LogP contribution in [0.4, 0.5) is 16.5 Å². The number of nitrogens with one attached hydrogen (secondary N) is 3. The van der Waals surface area contributed by atoms with Crippen LogP contribution in [0.15, 0.2) is 53.9 Å². The Hall–Kier alpha value is -3.79. The summed E-state index contributed by atoms with van der Waals surface area (Å²) in [5, 5.41) is 21.9. The van der Waals surface area contributed by atoms with Gasteiger partial charge >= 0.3 is 0 Å². The van der Waals surface area contributed by atoms with E-state index >= 15 is 0 Å². The SMILES string of the molecule is CC(=O)NCCCc1ccc(-c2csc(NC(=O)CCNc3ccccc3[N+](=O)[O-])n2)cc1. The van der Waals surface area contributed by atoms with Crippen LogP contribution >= 0.6 is 11.3 Å². The Kier molecular flexibility index (Phi) is 8.48. The molecule has 3 rings (SSSR count). The van der Waals surface area contributed by atoms with Gasteiger partial charge in [0.1, 0.15) is 5.69 Å². The van der Waals surface area contributed by atoms with E-state index in [1.54, 1.807) is 18.2 Å². The molecule has 0 saturated carbocycles. The molecule has 0 spiro atoms. The predicted molar refractivity (Wildman–Crippen MR) is 129 cm³/mol. The molecule has 0 unspecified atom stereocenters. The van der Waals surface area contributed by atoms with Gasteiger partial charge in [0, 0.05) is 43.4 Å². The summed E-state index contributed by atoms with van der Waals surface area (Å²) in [5.41, 5.74) is 3.26. The minimum Gasteiger partial charge on any atom is -0.379 e. The van der Waals surface area contributed by atoms with Crippen molar-refractivity contribution in [3.63, 3.8) is 0 Å². The lowest BCUT2D eigenvalue weighted by Gasteiger charge is -2.06. The number of hydrogen-bond donors (Lipinski definition) is 3. The molecule has 0 saturated heterocycles. The smallest absolute Gasteiger partial charge is 0.292 e. The number of anilines is 2. The second kappa shape index (κ2) is 11.7. The summed E-state index contributed by atoms with van der Waals surface area (Å²) in [4.78, 5) is 38.2. The van der Waals surface area contributed by atoms with Gasteiger partial charge in [0.2, 0.25) is 11.8 Å². The molecule has 9 nitrogen and oxygen atoms in total. The van der Waals surface area contributed by atoms with Crippen LogP contribution in [0.25, 0.3) is 11.3 Å². The van der Waals surface area contributed by atoms with Crippen LogP contribution in [0.2, 0.25) is 0 Å². The Morgan fingerprint density at radius 1 is 1.09 bits per heavy atom. The maximum absolute atomic E-state index is 12.2. The van der Waals surface area contributed by atoms with Crippen LogP contribution in [0.1, 0.15) is 25.3 Å². The number of nitro groups is 1. The van der Waals surface area contributed by atoms with Gasteiger partial charge in [-0.05, 0) is 24.5 Å². The lowest BCUT2D eigenvalue weighted by molar-refractivity contribution is -0.384. The number of benzene rings is 2. The number of nitrogens with zero attached hydrogens (tertiary/aromatic N) is 2. The highest BCUT2D eigenvalue weighted by Gasteiger charge is 2.13. The van der Waals surface area contributed by atoms with Crippen molar-refractivity contribution in [2.75, 3.05) is 23.7 Å². The quantitative estimate of drug-likeness (QED) is 0.220. The van der Waals surface area contributed by atoms with Gasteiger partial charge in [-0.15, -0.1) is 11.3 Å². The van der Waals surface area contributed by atoms with Crippen LogP contribution in [0.3, 0.4) is 0 Å². The van der Waals surface area contributed by atoms with Gasteiger partial charge in [-0.2, -0.15) is 0 Å². The number of hydrogen-bond acceptors (Lipinski definition) is 7. The summed E-state index contributed by atoms with van der Waals surface area (Å²) in [6.07, 6.45) is 1.89. The second-order valence-electron chi connectivity index (χ2n) is 7.32. The second-order valence-corrected chi connectivity index (χ2v) is 8.18. The first-order chi connectivity index (χ1) is 15.9. The number of aryl methyl sites for hydroxylation is 1. The lowest BCUT2D eigenvalue weighted by atomic mass is 10.1. The minimum absolute atomic E-state index is 0.0202. The van der Waals surface area contributed by atoms with Crippen molar-refractivity contribution < 1.29 is 14.5 Å². The average Bonchev–Trinajstić information content (AvgIpc) is 3.25. The van der Waals surface area contributed by atoms with Gasteiger partial charge in [-0.1, -0.05) is 36.4 Å². The van der Waals surface area contributed by atoms with E-state index in [0.29, 0.717) is 17.4 Å². The molecule has 0 aliphatic rings. The Morgan fingerprint density at radius 3 is 2.58 bits per heavy atom. The van der Waals surface area contributed by atoms with E-state index in [4.69, 9.17) is 0 Å². The molecule has 33 heavy (non-hydrogen) atoms. The first-order valence-electron chi connectivity index (χ1n) is 10.5. The molecular weight excluding hydrogens is 442 g/mol. The van der Waals surface area contributed by atoms with E-state index in [9.17, 15) is 19.7 Å². The molecule has 2 aromatic carbocycles. The van der Waals surface area contributed by atoms with Crippen LogP contribution in [-0.4, -0.2) is 34.8 Å². The highest BCUT2D eigenvalue weighted by Crippen LogP contribution is 2.26. The first kappa shape index (κ1) is 23.9. The summed E-state index contributed by atoms with van der Waals surface area (Å²) < 4.78 is 0. The molecule has 2 amide bonds. The molecule has 0 aliphatic carbocycles. The number of rotatable bonds is 11. The summed E-state index contributed by atoms with van der Waals surface area (Å²) >= 11 is 1.34. The number of aromatic nitrogens is 1. The van der Waals surface area contributed by atoms with E-state index in [2.05, 4.69) is 20.9 Å². The molecule has 0 atom stereocenters. The van der Waals surface area contributed by atoms with E-state index in [-0.39, 0.29) is 30.5 Å². The van der Waals surface area contributed by atoms with Crippen LogP contribution in [0, 0.1) is 10.1 Å². The fourth-order valence-corrected chi connectivity index (χ4v) is 3.87. The molecule has 1 aromatic heterocycles. The van der Waals surface area contributed by atoms with Gasteiger partial charge in [0.15, 0.2) is 5.13 Å². The van der Waals surface area contributed by atoms with Crippen molar-refractivity contribution in [3.05, 3.63) is 69.6 Å². The highest BCUT2D eigenvalue weighted by atomic mass is 32.1. The van der Waals surface area contributed by atoms with Gasteiger partial charge in [-0.3, -0.25) is 19.7 Å². The largest absolute Gasteiger partial charge is 0.379 e. The molecule has 0 fully saturated rings. The van der Waals surface area contributed by atoms with E-state index in [0.717, 1.165) is 24.1 Å². The lowest BCUT2D eigenvalue weighted by Crippen LogP contribution is -2.21. The van der Waals surface area contributed by atoms with Gasteiger partial charge < -0.3 is 16.0 Å². The number of carbonyl (C=O) groups excluding carboxylic acids is 2. The number of amides is 2. The van der Waals surface area contributed by atoms with E-state index < -0.39 is 4.92 Å². The fraction of sp³-hybridized carbons (Fsp3) is 0.261. The maximum Gasteiger partial charge on any atom is 0.292 e. The molecule has 0 radical (unpaired) electrons. The van der Waals surface area contributed by atoms with E-state index in [1.807, 2.05) is 29.6 Å². The Labute approximate surface area is 195 Å². The third-order valence-corrected chi connectivity index (χ3v) is 5.54. The third-order valence-electron chi connectivity index (χ3n) is 4.78. The third kappa shape index (κ3) is 7.39. The van der Waals surface area contributed by atoms with Gasteiger partial charge in [0.05, 0.1) is 10.6 Å². The summed E-state index contributed by atoms with van der Waals surface area (Å²) in [6, 6.07) is 14.4. The molecule has 0 aliphatic heterocycles. The molecule has 172 valence electrons. The number of carbonyl (C=O) groups is 2. The Morgan fingerprint density at radius 2 is 1.85 bits per heavy atom. The normalized spacial score (nSPS) is 10.5. The predicted octanol–water partition coefficient (Wildman–Crippen LogP) is 4.23. The zero-order valence-corrected chi connectivity index (χ0v) is 19.0. The number of para-hydroxylation sites is 2. The molecule has 3 N–H and O–H groups in total. The monoisotopic (exact) mass is 467 g/mol. The molecule has 10 heteroatoms. The maximum atomic E-state index is 12.2. The Bertz CT molecular complexity index is 1110. The fourth-order valence-electron chi connectivity index (χ4n) is 3.14. The summed E-state index contributed by atoms with van der Waals surface area (Å²) in [5.74, 6) is -0.246. The van der Waals surface area contributed by atoms with Crippen LogP contribution < -0.4 is 16.0 Å². The summed E-state index contributed by atoms with van der Waals surface area (Å²) in [7, 11) is 0. The van der Waals surface area contributed by atoms with Crippen molar-refractivity contribution in [2.45, 2.75) is 26.2 Å². The topological polar surface area (TPSA) is 126 Å². The number of nitro benzene ring substituents is 1. The zero-order valence-electron chi connectivity index (χ0n) is 18.2. The number of thiazole rings is 1. The molecule has 0 bridgehead atoms. The van der Waals surface area contributed by atoms with E-state index in [1.165, 1.54) is 29.9 Å². The Balaban J connectivity index is 1.47. The van der Waals surface area contributed by atoms with Crippen LogP contribution in [0.5, 0.6) is 0 Å². The van der Waals surface area contributed by atoms with Crippen molar-refractivity contribution in [2.24, 2.45) is 0 Å². The van der Waals surface area contributed by atoms with Crippen molar-refractivity contribution in [1.82, 2.24) is 10.3 Å². The standard InChI is InChI=1S/C23H25N5O4S/c1-16(29)24-13-4-5-17-8-10-18(11-9-17)20-15-33-23(26-20)27-22(30)12-14-25-19-6-2-3-7-21(19)28(31)32/h2-3,6-11,15,25H,4-5,12-14H2,1H3,(H,24,29)(H,26,27,30).